The van der Waals surface area contributed by atoms with E-state index in [0.29, 0.717) is 12.5 Å². The zero-order chi connectivity index (χ0) is 13.0. The molecule has 1 aliphatic heterocycles. The van der Waals surface area contributed by atoms with Crippen molar-refractivity contribution in [2.24, 2.45) is 5.92 Å². The van der Waals surface area contributed by atoms with Gasteiger partial charge in [0.2, 0.25) is 0 Å². The van der Waals surface area contributed by atoms with E-state index < -0.39 is 12.7 Å². The average molecular weight is 264 g/mol. The molecule has 0 spiro atoms. The molecule has 0 radical (unpaired) electrons. The zero-order valence-corrected chi connectivity index (χ0v) is 10.8. The van der Waals surface area contributed by atoms with Crippen LogP contribution in [0.25, 0.3) is 0 Å². The standard InChI is InChI=1S/C13H23F3N2/c14-13(15,16)10-18(12-5-6-12)8-2-4-11-3-1-7-17-9-11/h11-12,17H,1-10H2. The number of rotatable bonds is 6. The molecule has 2 nitrogen and oxygen atoms in total. The van der Waals surface area contributed by atoms with Gasteiger partial charge in [0.15, 0.2) is 0 Å². The fourth-order valence-electron chi connectivity index (χ4n) is 2.81. The predicted octanol–water partition coefficient (Wildman–Crippen LogP) is 2.79. The third kappa shape index (κ3) is 5.14. The summed E-state index contributed by atoms with van der Waals surface area (Å²) in [5.74, 6) is 0.672. The topological polar surface area (TPSA) is 15.3 Å². The molecule has 18 heavy (non-hydrogen) atoms. The Morgan fingerprint density at radius 1 is 1.17 bits per heavy atom. The fourth-order valence-corrected chi connectivity index (χ4v) is 2.81. The van der Waals surface area contributed by atoms with Gasteiger partial charge in [-0.25, -0.2) is 0 Å². The summed E-state index contributed by atoms with van der Waals surface area (Å²) < 4.78 is 37.3. The van der Waals surface area contributed by atoms with E-state index in [2.05, 4.69) is 5.32 Å². The van der Waals surface area contributed by atoms with Crippen LogP contribution in [0.2, 0.25) is 0 Å². The van der Waals surface area contributed by atoms with Crippen molar-refractivity contribution >= 4 is 0 Å². The Morgan fingerprint density at radius 2 is 1.94 bits per heavy atom. The molecule has 1 aliphatic carbocycles. The van der Waals surface area contributed by atoms with E-state index in [1.165, 1.54) is 12.8 Å². The number of alkyl halides is 3. The summed E-state index contributed by atoms with van der Waals surface area (Å²) in [7, 11) is 0. The lowest BCUT2D eigenvalue weighted by atomic mass is 9.94. The van der Waals surface area contributed by atoms with Crippen molar-refractivity contribution in [3.8, 4) is 0 Å². The third-order valence-corrected chi connectivity index (χ3v) is 3.90. The zero-order valence-electron chi connectivity index (χ0n) is 10.8. The van der Waals surface area contributed by atoms with Crippen molar-refractivity contribution in [3.05, 3.63) is 0 Å². The summed E-state index contributed by atoms with van der Waals surface area (Å²) in [6, 6.07) is 0.205. The van der Waals surface area contributed by atoms with Crippen molar-refractivity contribution < 1.29 is 13.2 Å². The van der Waals surface area contributed by atoms with Gasteiger partial charge in [-0.05, 0) is 64.1 Å². The molecule has 5 heteroatoms. The van der Waals surface area contributed by atoms with Crippen LogP contribution in [0.15, 0.2) is 0 Å². The minimum Gasteiger partial charge on any atom is -0.316 e. The summed E-state index contributed by atoms with van der Waals surface area (Å²) in [4.78, 5) is 1.64. The molecular weight excluding hydrogens is 241 g/mol. The Bertz CT molecular complexity index is 245. The third-order valence-electron chi connectivity index (χ3n) is 3.90. The molecule has 106 valence electrons. The van der Waals surface area contributed by atoms with Gasteiger partial charge >= 0.3 is 6.18 Å². The molecule has 1 atom stereocenters. The lowest BCUT2D eigenvalue weighted by molar-refractivity contribution is -0.147. The second-order valence-corrected chi connectivity index (χ2v) is 5.67. The minimum absolute atomic E-state index is 0.205. The maximum absolute atomic E-state index is 12.4. The minimum atomic E-state index is -4.05. The van der Waals surface area contributed by atoms with Gasteiger partial charge in [0.1, 0.15) is 0 Å². The number of hydrogen-bond donors (Lipinski definition) is 1. The van der Waals surface area contributed by atoms with Crippen molar-refractivity contribution in [1.82, 2.24) is 10.2 Å². The van der Waals surface area contributed by atoms with E-state index in [1.54, 1.807) is 4.90 Å². The van der Waals surface area contributed by atoms with Crippen molar-refractivity contribution in [2.75, 3.05) is 26.2 Å². The van der Waals surface area contributed by atoms with Gasteiger partial charge < -0.3 is 5.32 Å². The second kappa shape index (κ2) is 6.24. The molecule has 2 rings (SSSR count). The van der Waals surface area contributed by atoms with E-state index in [4.69, 9.17) is 0 Å². The van der Waals surface area contributed by atoms with Crippen LogP contribution in [-0.4, -0.2) is 43.3 Å². The highest BCUT2D eigenvalue weighted by Gasteiger charge is 2.37. The molecule has 2 aliphatic rings. The van der Waals surface area contributed by atoms with Crippen LogP contribution < -0.4 is 5.32 Å². The van der Waals surface area contributed by atoms with E-state index in [-0.39, 0.29) is 6.04 Å². The van der Waals surface area contributed by atoms with E-state index in [0.717, 1.165) is 38.8 Å². The largest absolute Gasteiger partial charge is 0.401 e. The quantitative estimate of drug-likeness (QED) is 0.793. The first-order valence-electron chi connectivity index (χ1n) is 7.06. The van der Waals surface area contributed by atoms with Gasteiger partial charge in [0.05, 0.1) is 6.54 Å². The Hall–Kier alpha value is -0.290. The van der Waals surface area contributed by atoms with Crippen LogP contribution in [0.3, 0.4) is 0 Å². The normalized spacial score (nSPS) is 25.7. The monoisotopic (exact) mass is 264 g/mol. The molecule has 2 fully saturated rings. The first-order valence-corrected chi connectivity index (χ1v) is 7.06. The Labute approximate surface area is 107 Å². The highest BCUT2D eigenvalue weighted by Crippen LogP contribution is 2.30. The highest BCUT2D eigenvalue weighted by atomic mass is 19.4. The van der Waals surface area contributed by atoms with Crippen LogP contribution in [0, 0.1) is 5.92 Å². The number of nitrogens with one attached hydrogen (secondary N) is 1. The molecule has 1 unspecified atom stereocenters. The molecule has 1 saturated carbocycles. The maximum atomic E-state index is 12.4. The Balaban J connectivity index is 1.65. The molecule has 0 bridgehead atoms. The maximum Gasteiger partial charge on any atom is 0.401 e. The molecule has 0 amide bonds. The summed E-state index contributed by atoms with van der Waals surface area (Å²) in [5, 5.41) is 3.35. The SMILES string of the molecule is FC(F)(F)CN(CCCC1CCCNC1)C1CC1. The Kier molecular flexibility index (Phi) is 4.90. The second-order valence-electron chi connectivity index (χ2n) is 5.67. The molecule has 0 aromatic carbocycles. The summed E-state index contributed by atoms with van der Waals surface area (Å²) >= 11 is 0. The van der Waals surface area contributed by atoms with Gasteiger partial charge in [-0.2, -0.15) is 13.2 Å². The fraction of sp³-hybridized carbons (Fsp3) is 1.00. The van der Waals surface area contributed by atoms with Gasteiger partial charge in [0, 0.05) is 6.04 Å². The number of piperidine rings is 1. The van der Waals surface area contributed by atoms with E-state index >= 15 is 0 Å². The van der Waals surface area contributed by atoms with Gasteiger partial charge in [-0.15, -0.1) is 0 Å². The Morgan fingerprint density at radius 3 is 2.50 bits per heavy atom. The summed E-state index contributed by atoms with van der Waals surface area (Å²) in [5.41, 5.74) is 0. The van der Waals surface area contributed by atoms with Crippen LogP contribution >= 0.6 is 0 Å². The molecule has 1 saturated heterocycles. The van der Waals surface area contributed by atoms with E-state index in [9.17, 15) is 13.2 Å². The average Bonchev–Trinajstić information content (AvgIpc) is 3.11. The van der Waals surface area contributed by atoms with Crippen LogP contribution in [0.1, 0.15) is 38.5 Å². The first kappa shape index (κ1) is 14.1. The lowest BCUT2D eigenvalue weighted by Gasteiger charge is -2.26. The molecule has 0 aromatic rings. The number of halogens is 3. The predicted molar refractivity (Wildman–Crippen MR) is 65.5 cm³/mol. The first-order chi connectivity index (χ1) is 8.54. The van der Waals surface area contributed by atoms with Crippen LogP contribution in [0.4, 0.5) is 13.2 Å². The van der Waals surface area contributed by atoms with Crippen molar-refractivity contribution in [1.29, 1.82) is 0 Å². The summed E-state index contributed by atoms with van der Waals surface area (Å²) in [6.45, 7) is 2.03. The van der Waals surface area contributed by atoms with E-state index in [1.807, 2.05) is 0 Å². The number of nitrogens with zero attached hydrogens (tertiary/aromatic N) is 1. The van der Waals surface area contributed by atoms with Crippen LogP contribution in [0.5, 0.6) is 0 Å². The number of hydrogen-bond acceptors (Lipinski definition) is 2. The van der Waals surface area contributed by atoms with Crippen molar-refractivity contribution in [3.63, 3.8) is 0 Å². The van der Waals surface area contributed by atoms with Gasteiger partial charge in [0.25, 0.3) is 0 Å². The lowest BCUT2D eigenvalue weighted by Crippen LogP contribution is -2.37. The van der Waals surface area contributed by atoms with Gasteiger partial charge in [-0.1, -0.05) is 0 Å². The molecule has 0 aromatic heterocycles. The molecule has 1 heterocycles. The smallest absolute Gasteiger partial charge is 0.316 e. The summed E-state index contributed by atoms with van der Waals surface area (Å²) in [6.07, 6.45) is 2.25. The van der Waals surface area contributed by atoms with Crippen molar-refractivity contribution in [2.45, 2.75) is 50.7 Å². The van der Waals surface area contributed by atoms with Crippen LogP contribution in [-0.2, 0) is 0 Å². The molecular formula is C13H23F3N2. The van der Waals surface area contributed by atoms with Gasteiger partial charge in [-0.3, -0.25) is 4.90 Å². The molecule has 1 N–H and O–H groups in total. The highest BCUT2D eigenvalue weighted by molar-refractivity contribution is 4.85.